The number of benzene rings is 3. The summed E-state index contributed by atoms with van der Waals surface area (Å²) in [6.07, 6.45) is 0. The molecule has 2 heterocycles. The topological polar surface area (TPSA) is 79.6 Å². The van der Waals surface area contributed by atoms with Gasteiger partial charge in [0.25, 0.3) is 5.69 Å². The molecule has 1 aliphatic heterocycles. The summed E-state index contributed by atoms with van der Waals surface area (Å²) < 4.78 is 0.816. The second kappa shape index (κ2) is 9.09. The fourth-order valence-corrected chi connectivity index (χ4v) is 5.07. The van der Waals surface area contributed by atoms with E-state index in [4.69, 9.17) is 0 Å². The molecule has 0 spiro atoms. The summed E-state index contributed by atoms with van der Waals surface area (Å²) in [5.74, 6) is 0.121. The fraction of sp³-hybridized carbons (Fsp3) is 0.200. The van der Waals surface area contributed by atoms with Gasteiger partial charge in [-0.2, -0.15) is 0 Å². The maximum Gasteiger partial charge on any atom is 0.270 e. The van der Waals surface area contributed by atoms with Crippen molar-refractivity contribution in [2.75, 3.05) is 37.6 Å². The number of hydrogen-bond acceptors (Lipinski definition) is 7. The lowest BCUT2D eigenvalue weighted by Crippen LogP contribution is -2.48. The van der Waals surface area contributed by atoms with Crippen LogP contribution >= 0.6 is 11.3 Å². The van der Waals surface area contributed by atoms with Gasteiger partial charge in [-0.05, 0) is 17.2 Å². The van der Waals surface area contributed by atoms with Crippen LogP contribution in [0, 0.1) is 10.1 Å². The molecule has 1 aliphatic rings. The SMILES string of the molecule is O=C(CN1CCN(c2nc3ccc([N+](=O)[O-])cc3s2)CC1)c1ccc(-c2ccccc2)cc1. The highest BCUT2D eigenvalue weighted by atomic mass is 32.1. The zero-order valence-corrected chi connectivity index (χ0v) is 18.7. The van der Waals surface area contributed by atoms with E-state index in [0.29, 0.717) is 6.54 Å². The summed E-state index contributed by atoms with van der Waals surface area (Å²) in [6.45, 7) is 3.46. The Hall–Kier alpha value is -3.62. The van der Waals surface area contributed by atoms with E-state index in [9.17, 15) is 14.9 Å². The van der Waals surface area contributed by atoms with Crippen LogP contribution in [-0.4, -0.2) is 53.3 Å². The molecule has 8 heteroatoms. The number of nitro benzene ring substituents is 1. The Bertz CT molecular complexity index is 1300. The third kappa shape index (κ3) is 4.62. The number of rotatable bonds is 6. The van der Waals surface area contributed by atoms with Crippen LogP contribution in [0.1, 0.15) is 10.4 Å². The van der Waals surface area contributed by atoms with E-state index < -0.39 is 0 Å². The Morgan fingerprint density at radius 1 is 0.939 bits per heavy atom. The van der Waals surface area contributed by atoms with Crippen LogP contribution in [0.25, 0.3) is 21.3 Å². The molecule has 0 bridgehead atoms. The summed E-state index contributed by atoms with van der Waals surface area (Å²) in [7, 11) is 0. The Balaban J connectivity index is 1.19. The van der Waals surface area contributed by atoms with E-state index in [-0.39, 0.29) is 16.4 Å². The van der Waals surface area contributed by atoms with Gasteiger partial charge in [-0.15, -0.1) is 0 Å². The third-order valence-electron chi connectivity index (χ3n) is 5.90. The molecule has 0 unspecified atom stereocenters. The molecule has 7 nitrogen and oxygen atoms in total. The number of ketones is 1. The lowest BCUT2D eigenvalue weighted by atomic mass is 10.0. The minimum Gasteiger partial charge on any atom is -0.345 e. The molecule has 0 radical (unpaired) electrons. The smallest absolute Gasteiger partial charge is 0.270 e. The van der Waals surface area contributed by atoms with Crippen LogP contribution in [0.15, 0.2) is 72.8 Å². The predicted octanol–water partition coefficient (Wildman–Crippen LogP) is 4.88. The number of anilines is 1. The zero-order chi connectivity index (χ0) is 22.8. The first-order valence-electron chi connectivity index (χ1n) is 10.8. The molecule has 0 N–H and O–H groups in total. The molecular weight excluding hydrogens is 436 g/mol. The number of carbonyl (C=O) groups excluding carboxylic acids is 1. The Morgan fingerprint density at radius 3 is 2.33 bits per heavy atom. The number of piperazine rings is 1. The lowest BCUT2D eigenvalue weighted by molar-refractivity contribution is -0.384. The van der Waals surface area contributed by atoms with Crippen molar-refractivity contribution < 1.29 is 9.72 Å². The molecule has 0 saturated carbocycles. The average Bonchev–Trinajstić information content (AvgIpc) is 3.28. The predicted molar refractivity (Wildman–Crippen MR) is 131 cm³/mol. The summed E-state index contributed by atoms with van der Waals surface area (Å²) in [5, 5.41) is 11.9. The number of hydrogen-bond donors (Lipinski definition) is 0. The Labute approximate surface area is 195 Å². The molecule has 0 aliphatic carbocycles. The van der Waals surface area contributed by atoms with Crippen LogP contribution in [-0.2, 0) is 0 Å². The molecule has 1 fully saturated rings. The van der Waals surface area contributed by atoms with Crippen LogP contribution in [0.3, 0.4) is 0 Å². The minimum atomic E-state index is -0.385. The first-order valence-corrected chi connectivity index (χ1v) is 11.6. The van der Waals surface area contributed by atoms with Gasteiger partial charge in [0.2, 0.25) is 0 Å². The second-order valence-corrected chi connectivity index (χ2v) is 9.04. The van der Waals surface area contributed by atoms with Crippen molar-refractivity contribution in [2.45, 2.75) is 0 Å². The van der Waals surface area contributed by atoms with E-state index in [0.717, 1.165) is 58.2 Å². The van der Waals surface area contributed by atoms with Crippen molar-refractivity contribution in [3.8, 4) is 11.1 Å². The van der Waals surface area contributed by atoms with Crippen molar-refractivity contribution in [3.05, 3.63) is 88.5 Å². The lowest BCUT2D eigenvalue weighted by Gasteiger charge is -2.34. The molecule has 33 heavy (non-hydrogen) atoms. The van der Waals surface area contributed by atoms with E-state index in [1.165, 1.54) is 17.4 Å². The van der Waals surface area contributed by atoms with Crippen molar-refractivity contribution >= 4 is 38.2 Å². The van der Waals surface area contributed by atoms with Gasteiger partial charge < -0.3 is 4.90 Å². The van der Waals surface area contributed by atoms with E-state index >= 15 is 0 Å². The van der Waals surface area contributed by atoms with Gasteiger partial charge in [0.1, 0.15) is 0 Å². The van der Waals surface area contributed by atoms with Crippen molar-refractivity contribution in [2.24, 2.45) is 0 Å². The number of non-ortho nitro benzene ring substituents is 1. The first-order chi connectivity index (χ1) is 16.1. The van der Waals surface area contributed by atoms with Gasteiger partial charge in [-0.1, -0.05) is 65.9 Å². The first kappa shape index (κ1) is 21.2. The van der Waals surface area contributed by atoms with Crippen LogP contribution in [0.2, 0.25) is 0 Å². The van der Waals surface area contributed by atoms with Crippen molar-refractivity contribution in [1.29, 1.82) is 0 Å². The van der Waals surface area contributed by atoms with Gasteiger partial charge in [0, 0.05) is 43.9 Å². The maximum absolute atomic E-state index is 12.8. The van der Waals surface area contributed by atoms with Gasteiger partial charge >= 0.3 is 0 Å². The molecule has 5 rings (SSSR count). The molecule has 0 amide bonds. The van der Waals surface area contributed by atoms with E-state index in [2.05, 4.69) is 26.9 Å². The quantitative estimate of drug-likeness (QED) is 0.233. The molecule has 4 aromatic rings. The number of thiazole rings is 1. The van der Waals surface area contributed by atoms with Crippen LogP contribution in [0.5, 0.6) is 0 Å². The number of aromatic nitrogens is 1. The number of carbonyl (C=O) groups is 1. The number of nitrogens with zero attached hydrogens (tertiary/aromatic N) is 4. The summed E-state index contributed by atoms with van der Waals surface area (Å²) >= 11 is 1.47. The Morgan fingerprint density at radius 2 is 1.64 bits per heavy atom. The van der Waals surface area contributed by atoms with Crippen LogP contribution < -0.4 is 4.90 Å². The highest BCUT2D eigenvalue weighted by Gasteiger charge is 2.22. The standard InChI is InChI=1S/C25H22N4O3S/c30-23(20-8-6-19(7-9-20)18-4-2-1-3-5-18)17-27-12-14-28(15-13-27)25-26-22-11-10-21(29(31)32)16-24(22)33-25/h1-11,16H,12-15,17H2. The number of Topliss-reactive ketones (excluding diaryl/α,β-unsaturated/α-hetero) is 1. The van der Waals surface area contributed by atoms with Crippen molar-refractivity contribution in [1.82, 2.24) is 9.88 Å². The molecule has 166 valence electrons. The zero-order valence-electron chi connectivity index (χ0n) is 17.9. The monoisotopic (exact) mass is 458 g/mol. The number of fused-ring (bicyclic) bond motifs is 1. The molecule has 1 aromatic heterocycles. The van der Waals surface area contributed by atoms with Gasteiger partial charge in [-0.3, -0.25) is 19.8 Å². The highest BCUT2D eigenvalue weighted by molar-refractivity contribution is 7.22. The van der Waals surface area contributed by atoms with E-state index in [1.54, 1.807) is 12.1 Å². The van der Waals surface area contributed by atoms with E-state index in [1.807, 2.05) is 42.5 Å². The second-order valence-electron chi connectivity index (χ2n) is 8.04. The third-order valence-corrected chi connectivity index (χ3v) is 6.97. The highest BCUT2D eigenvalue weighted by Crippen LogP contribution is 2.31. The summed E-state index contributed by atoms with van der Waals surface area (Å²) in [6, 6.07) is 22.7. The molecular formula is C25H22N4O3S. The fourth-order valence-electron chi connectivity index (χ4n) is 4.02. The molecule has 1 saturated heterocycles. The van der Waals surface area contributed by atoms with Gasteiger partial charge in [0.15, 0.2) is 10.9 Å². The summed E-state index contributed by atoms with van der Waals surface area (Å²) in [5.41, 5.74) is 3.82. The summed E-state index contributed by atoms with van der Waals surface area (Å²) in [4.78, 5) is 32.4. The largest absolute Gasteiger partial charge is 0.345 e. The minimum absolute atomic E-state index is 0.0813. The normalized spacial score (nSPS) is 14.5. The Kier molecular flexibility index (Phi) is 5.85. The average molecular weight is 459 g/mol. The van der Waals surface area contributed by atoms with Crippen LogP contribution in [0.4, 0.5) is 10.8 Å². The molecule has 0 atom stereocenters. The van der Waals surface area contributed by atoms with Crippen molar-refractivity contribution in [3.63, 3.8) is 0 Å². The number of nitro groups is 1. The molecule has 3 aromatic carbocycles. The maximum atomic E-state index is 12.8. The van der Waals surface area contributed by atoms with Gasteiger partial charge in [-0.25, -0.2) is 4.98 Å². The van der Waals surface area contributed by atoms with Gasteiger partial charge in [0.05, 0.1) is 21.7 Å².